The van der Waals surface area contributed by atoms with Crippen LogP contribution in [-0.2, 0) is 6.61 Å². The number of amidine groups is 1. The van der Waals surface area contributed by atoms with Crippen LogP contribution in [0.15, 0.2) is 30.3 Å². The van der Waals surface area contributed by atoms with Crippen LogP contribution in [-0.4, -0.2) is 5.84 Å². The minimum Gasteiger partial charge on any atom is -0.488 e. The van der Waals surface area contributed by atoms with Gasteiger partial charge in [0.15, 0.2) is 0 Å². The maximum absolute atomic E-state index is 7.63. The highest BCUT2D eigenvalue weighted by Gasteiger charge is 2.12. The fourth-order valence-electron chi connectivity index (χ4n) is 2.47. The van der Waals surface area contributed by atoms with Gasteiger partial charge >= 0.3 is 0 Å². The fourth-order valence-corrected chi connectivity index (χ4v) is 2.74. The monoisotopic (exact) mass is 302 g/mol. The van der Waals surface area contributed by atoms with Crippen molar-refractivity contribution < 1.29 is 4.74 Å². The molecular formula is C17H19ClN2O. The lowest BCUT2D eigenvalue weighted by Crippen LogP contribution is -2.14. The summed E-state index contributed by atoms with van der Waals surface area (Å²) in [4.78, 5) is 0. The molecule has 0 aliphatic carbocycles. The zero-order valence-corrected chi connectivity index (χ0v) is 13.2. The van der Waals surface area contributed by atoms with Gasteiger partial charge in [-0.15, -0.1) is 0 Å². The van der Waals surface area contributed by atoms with Gasteiger partial charge in [-0.2, -0.15) is 0 Å². The van der Waals surface area contributed by atoms with Crippen LogP contribution in [0.3, 0.4) is 0 Å². The molecule has 0 heterocycles. The van der Waals surface area contributed by atoms with E-state index in [0.717, 1.165) is 5.56 Å². The van der Waals surface area contributed by atoms with Gasteiger partial charge in [-0.3, -0.25) is 5.41 Å². The highest BCUT2D eigenvalue weighted by Crippen LogP contribution is 2.27. The number of halogens is 1. The second-order valence-corrected chi connectivity index (χ2v) is 5.60. The molecule has 3 nitrogen and oxygen atoms in total. The Hall–Kier alpha value is -2.00. The van der Waals surface area contributed by atoms with Gasteiger partial charge < -0.3 is 10.5 Å². The Labute approximate surface area is 130 Å². The van der Waals surface area contributed by atoms with E-state index >= 15 is 0 Å². The molecule has 0 aromatic heterocycles. The molecule has 110 valence electrons. The van der Waals surface area contributed by atoms with Crippen LogP contribution in [0.2, 0.25) is 5.02 Å². The number of nitrogens with two attached hydrogens (primary N) is 1. The van der Waals surface area contributed by atoms with E-state index < -0.39 is 0 Å². The topological polar surface area (TPSA) is 59.1 Å². The molecule has 0 radical (unpaired) electrons. The SMILES string of the molecule is Cc1cc(C)c(COc2cccc(Cl)c2C(=N)N)c(C)c1. The molecule has 0 saturated heterocycles. The van der Waals surface area contributed by atoms with Crippen LogP contribution in [0.4, 0.5) is 0 Å². The van der Waals surface area contributed by atoms with Crippen molar-refractivity contribution in [2.45, 2.75) is 27.4 Å². The summed E-state index contributed by atoms with van der Waals surface area (Å²) >= 11 is 6.09. The number of nitrogens with one attached hydrogen (secondary N) is 1. The summed E-state index contributed by atoms with van der Waals surface area (Å²) in [6.45, 7) is 6.65. The minimum atomic E-state index is -0.0899. The average molecular weight is 303 g/mol. The van der Waals surface area contributed by atoms with Crippen molar-refractivity contribution in [1.29, 1.82) is 5.41 Å². The van der Waals surface area contributed by atoms with Gasteiger partial charge in [0.25, 0.3) is 0 Å². The van der Waals surface area contributed by atoms with Gasteiger partial charge in [0.2, 0.25) is 0 Å². The Bertz CT molecular complexity index is 672. The number of nitrogen functional groups attached to an aromatic ring is 1. The number of aryl methyl sites for hydroxylation is 3. The molecule has 0 fully saturated rings. The molecule has 2 aromatic carbocycles. The molecule has 3 N–H and O–H groups in total. The molecule has 21 heavy (non-hydrogen) atoms. The molecule has 0 aliphatic heterocycles. The van der Waals surface area contributed by atoms with E-state index in [0.29, 0.717) is 22.9 Å². The largest absolute Gasteiger partial charge is 0.488 e. The predicted octanol–water partition coefficient (Wildman–Crippen LogP) is 4.13. The van der Waals surface area contributed by atoms with Crippen molar-refractivity contribution in [2.24, 2.45) is 5.73 Å². The van der Waals surface area contributed by atoms with Crippen molar-refractivity contribution in [1.82, 2.24) is 0 Å². The van der Waals surface area contributed by atoms with Crippen LogP contribution >= 0.6 is 11.6 Å². The molecule has 0 spiro atoms. The van der Waals surface area contributed by atoms with Gasteiger partial charge in [-0.05, 0) is 49.6 Å². The summed E-state index contributed by atoms with van der Waals surface area (Å²) in [5.41, 5.74) is 10.8. The van der Waals surface area contributed by atoms with Crippen molar-refractivity contribution in [3.05, 3.63) is 63.2 Å². The van der Waals surface area contributed by atoms with Crippen LogP contribution in [0.5, 0.6) is 5.75 Å². The van der Waals surface area contributed by atoms with Crippen LogP contribution in [0.1, 0.15) is 27.8 Å². The Morgan fingerprint density at radius 2 is 1.81 bits per heavy atom. The maximum atomic E-state index is 7.63. The Morgan fingerprint density at radius 3 is 2.38 bits per heavy atom. The zero-order valence-electron chi connectivity index (χ0n) is 12.5. The molecule has 2 aromatic rings. The van der Waals surface area contributed by atoms with E-state index in [1.807, 2.05) is 0 Å². The Morgan fingerprint density at radius 1 is 1.19 bits per heavy atom. The van der Waals surface area contributed by atoms with E-state index in [9.17, 15) is 0 Å². The van der Waals surface area contributed by atoms with Gasteiger partial charge in [-0.1, -0.05) is 35.4 Å². The lowest BCUT2D eigenvalue weighted by molar-refractivity contribution is 0.304. The van der Waals surface area contributed by atoms with Crippen LogP contribution in [0.25, 0.3) is 0 Å². The molecule has 0 saturated carbocycles. The van der Waals surface area contributed by atoms with Gasteiger partial charge in [0.1, 0.15) is 18.2 Å². The predicted molar refractivity (Wildman–Crippen MR) is 87.5 cm³/mol. The first kappa shape index (κ1) is 15.4. The zero-order chi connectivity index (χ0) is 15.6. The normalized spacial score (nSPS) is 10.5. The van der Waals surface area contributed by atoms with Gasteiger partial charge in [0.05, 0.1) is 10.6 Å². The Kier molecular flexibility index (Phi) is 4.53. The maximum Gasteiger partial charge on any atom is 0.132 e. The summed E-state index contributed by atoms with van der Waals surface area (Å²) in [6.07, 6.45) is 0. The first-order chi connectivity index (χ1) is 9.90. The summed E-state index contributed by atoms with van der Waals surface area (Å²) in [6, 6.07) is 9.54. The lowest BCUT2D eigenvalue weighted by Gasteiger charge is -2.15. The molecule has 2 rings (SSSR count). The number of ether oxygens (including phenoxy) is 1. The molecule has 0 bridgehead atoms. The summed E-state index contributed by atoms with van der Waals surface area (Å²) in [7, 11) is 0. The van der Waals surface area contributed by atoms with Crippen LogP contribution < -0.4 is 10.5 Å². The van der Waals surface area contributed by atoms with E-state index in [1.165, 1.54) is 16.7 Å². The highest BCUT2D eigenvalue weighted by molar-refractivity contribution is 6.34. The Balaban J connectivity index is 2.29. The van der Waals surface area contributed by atoms with E-state index in [1.54, 1.807) is 18.2 Å². The van der Waals surface area contributed by atoms with Crippen molar-refractivity contribution >= 4 is 17.4 Å². The minimum absolute atomic E-state index is 0.0899. The van der Waals surface area contributed by atoms with Crippen molar-refractivity contribution in [3.63, 3.8) is 0 Å². The van der Waals surface area contributed by atoms with Gasteiger partial charge in [0, 0.05) is 0 Å². The fraction of sp³-hybridized carbons (Fsp3) is 0.235. The molecule has 0 amide bonds. The second kappa shape index (κ2) is 6.19. The smallest absolute Gasteiger partial charge is 0.132 e. The van der Waals surface area contributed by atoms with E-state index in [-0.39, 0.29) is 5.84 Å². The molecule has 0 atom stereocenters. The highest BCUT2D eigenvalue weighted by atomic mass is 35.5. The van der Waals surface area contributed by atoms with Gasteiger partial charge in [-0.25, -0.2) is 0 Å². The van der Waals surface area contributed by atoms with E-state index in [2.05, 4.69) is 32.9 Å². The summed E-state index contributed by atoms with van der Waals surface area (Å²) in [5.74, 6) is 0.447. The standard InChI is InChI=1S/C17H19ClN2O/c1-10-7-11(2)13(12(3)8-10)9-21-15-6-4-5-14(18)16(15)17(19)20/h4-8H,9H2,1-3H3,(H3,19,20). The first-order valence-corrected chi connectivity index (χ1v) is 7.10. The average Bonchev–Trinajstić information content (AvgIpc) is 2.36. The number of hydrogen-bond donors (Lipinski definition) is 2. The number of hydrogen-bond acceptors (Lipinski definition) is 2. The second-order valence-electron chi connectivity index (χ2n) is 5.19. The third kappa shape index (κ3) is 3.37. The molecule has 0 aliphatic rings. The third-order valence-electron chi connectivity index (χ3n) is 3.46. The number of rotatable bonds is 4. The molecule has 0 unspecified atom stereocenters. The van der Waals surface area contributed by atoms with E-state index in [4.69, 9.17) is 27.5 Å². The van der Waals surface area contributed by atoms with Crippen molar-refractivity contribution in [3.8, 4) is 5.75 Å². The summed E-state index contributed by atoms with van der Waals surface area (Å²) < 4.78 is 5.86. The summed E-state index contributed by atoms with van der Waals surface area (Å²) in [5, 5.41) is 8.05. The van der Waals surface area contributed by atoms with Crippen molar-refractivity contribution in [2.75, 3.05) is 0 Å². The molecule has 4 heteroatoms. The first-order valence-electron chi connectivity index (χ1n) is 6.72. The molecular weight excluding hydrogens is 284 g/mol. The lowest BCUT2D eigenvalue weighted by atomic mass is 10.0. The quantitative estimate of drug-likeness (QED) is 0.659. The third-order valence-corrected chi connectivity index (χ3v) is 3.77. The van der Waals surface area contributed by atoms with Crippen LogP contribution in [0, 0.1) is 26.2 Å². The number of benzene rings is 2.